The van der Waals surface area contributed by atoms with E-state index in [1.165, 1.54) is 0 Å². The molecule has 1 aromatic rings. The van der Waals surface area contributed by atoms with Gasteiger partial charge in [0.15, 0.2) is 0 Å². The van der Waals surface area contributed by atoms with Gasteiger partial charge in [-0.3, -0.25) is 19.2 Å². The molecule has 1 rings (SSSR count). The van der Waals surface area contributed by atoms with Crippen LogP contribution in [0.1, 0.15) is 18.4 Å². The van der Waals surface area contributed by atoms with Crippen molar-refractivity contribution in [1.82, 2.24) is 36.4 Å². The Hall–Kier alpha value is -2.88. The van der Waals surface area contributed by atoms with E-state index < -0.39 is 35.9 Å². The first-order valence-electron chi connectivity index (χ1n) is 13.1. The first-order valence-corrected chi connectivity index (χ1v) is 14.5. The molecule has 15 heteroatoms. The van der Waals surface area contributed by atoms with Crippen molar-refractivity contribution in [3.8, 4) is 0 Å². The summed E-state index contributed by atoms with van der Waals surface area (Å²) >= 11 is 7.52. The zero-order chi connectivity index (χ0) is 30.8. The Morgan fingerprint density at radius 1 is 0.854 bits per heavy atom. The smallest absolute Gasteiger partial charge is 0.408 e. The number of nitrogens with zero attached hydrogens (tertiary/aromatic N) is 2. The van der Waals surface area contributed by atoms with Crippen molar-refractivity contribution < 1.29 is 28.7 Å². The molecular formula is C26H42BrN7O6S. The first-order chi connectivity index (χ1) is 19.4. The van der Waals surface area contributed by atoms with Gasteiger partial charge in [-0.25, -0.2) is 4.79 Å². The van der Waals surface area contributed by atoms with Gasteiger partial charge in [0.25, 0.3) is 0 Å². The van der Waals surface area contributed by atoms with E-state index in [2.05, 4.69) is 55.1 Å². The summed E-state index contributed by atoms with van der Waals surface area (Å²) in [4.78, 5) is 66.1. The monoisotopic (exact) mass is 659 g/mol. The minimum atomic E-state index is -1.05. The second kappa shape index (κ2) is 20.1. The molecular weight excluding hydrogens is 618 g/mol. The number of hydrogen-bond donors (Lipinski definition) is 6. The fraction of sp³-hybridized carbons (Fsp3) is 0.577. The highest BCUT2D eigenvalue weighted by atomic mass is 79.9. The Labute approximate surface area is 255 Å². The van der Waals surface area contributed by atoms with E-state index in [-0.39, 0.29) is 37.7 Å². The molecule has 0 saturated heterocycles. The number of carbonyl (C=O) groups is 5. The Kier molecular flexibility index (Phi) is 17.7. The highest BCUT2D eigenvalue weighted by Gasteiger charge is 2.25. The molecule has 13 nitrogen and oxygen atoms in total. The van der Waals surface area contributed by atoms with Crippen LogP contribution < -0.4 is 26.6 Å². The number of rotatable bonds is 18. The minimum absolute atomic E-state index is 0.00606. The SMILES string of the molecule is CN(C)CCNC(=O)CNC(=O)[C@H](CS)NC(=O)CC[C@H](NC(=O)OCc1ccccc1Br)C(=O)NCCN(C)C. The number of hydrogen-bond acceptors (Lipinski definition) is 9. The second-order valence-electron chi connectivity index (χ2n) is 9.67. The van der Waals surface area contributed by atoms with Crippen LogP contribution in [0.3, 0.4) is 0 Å². The molecule has 0 fully saturated rings. The third-order valence-electron chi connectivity index (χ3n) is 5.58. The summed E-state index contributed by atoms with van der Waals surface area (Å²) < 4.78 is 6.04. The van der Waals surface area contributed by atoms with Gasteiger partial charge >= 0.3 is 6.09 Å². The summed E-state index contributed by atoms with van der Waals surface area (Å²) in [5.41, 5.74) is 0.746. The molecule has 0 aliphatic heterocycles. The van der Waals surface area contributed by atoms with E-state index in [1.807, 2.05) is 50.1 Å². The number of halogens is 1. The summed E-state index contributed by atoms with van der Waals surface area (Å²) in [5.74, 6) is -1.92. The molecule has 2 atom stereocenters. The first kappa shape index (κ1) is 36.1. The Bertz CT molecular complexity index is 1010. The molecule has 0 saturated carbocycles. The maximum absolute atomic E-state index is 12.8. The topological polar surface area (TPSA) is 161 Å². The molecule has 5 amide bonds. The van der Waals surface area contributed by atoms with Crippen LogP contribution in [0.2, 0.25) is 0 Å². The molecule has 0 aliphatic rings. The lowest BCUT2D eigenvalue weighted by Gasteiger charge is -2.20. The van der Waals surface area contributed by atoms with Crippen molar-refractivity contribution in [3.63, 3.8) is 0 Å². The van der Waals surface area contributed by atoms with Crippen LogP contribution in [-0.2, 0) is 30.5 Å². The molecule has 0 unspecified atom stereocenters. The van der Waals surface area contributed by atoms with Crippen molar-refractivity contribution in [2.75, 3.05) is 66.7 Å². The minimum Gasteiger partial charge on any atom is -0.445 e. The highest BCUT2D eigenvalue weighted by molar-refractivity contribution is 9.10. The molecule has 0 aromatic heterocycles. The molecule has 230 valence electrons. The number of likely N-dealkylation sites (N-methyl/N-ethyl adjacent to an activating group) is 2. The van der Waals surface area contributed by atoms with Crippen molar-refractivity contribution in [3.05, 3.63) is 34.3 Å². The zero-order valence-electron chi connectivity index (χ0n) is 24.0. The fourth-order valence-corrected chi connectivity index (χ4v) is 3.90. The fourth-order valence-electron chi connectivity index (χ4n) is 3.25. The molecule has 1 aromatic carbocycles. The van der Waals surface area contributed by atoms with Crippen LogP contribution in [0.15, 0.2) is 28.7 Å². The van der Waals surface area contributed by atoms with Crippen LogP contribution >= 0.6 is 28.6 Å². The van der Waals surface area contributed by atoms with Crippen LogP contribution in [0.4, 0.5) is 4.79 Å². The van der Waals surface area contributed by atoms with Gasteiger partial charge in [-0.2, -0.15) is 12.6 Å². The lowest BCUT2D eigenvalue weighted by molar-refractivity contribution is -0.130. The van der Waals surface area contributed by atoms with E-state index in [9.17, 15) is 24.0 Å². The Balaban J connectivity index is 2.65. The van der Waals surface area contributed by atoms with Crippen molar-refractivity contribution in [1.29, 1.82) is 0 Å². The number of ether oxygens (including phenoxy) is 1. The van der Waals surface area contributed by atoms with E-state index >= 15 is 0 Å². The molecule has 41 heavy (non-hydrogen) atoms. The zero-order valence-corrected chi connectivity index (χ0v) is 26.5. The summed E-state index contributed by atoms with van der Waals surface area (Å²) in [6.45, 7) is 1.75. The second-order valence-corrected chi connectivity index (χ2v) is 10.9. The van der Waals surface area contributed by atoms with Gasteiger partial charge in [0.1, 0.15) is 18.7 Å². The lowest BCUT2D eigenvalue weighted by atomic mass is 10.1. The van der Waals surface area contributed by atoms with Crippen molar-refractivity contribution in [2.24, 2.45) is 0 Å². The Morgan fingerprint density at radius 2 is 1.46 bits per heavy atom. The molecule has 0 spiro atoms. The van der Waals surface area contributed by atoms with E-state index in [0.717, 1.165) is 10.0 Å². The van der Waals surface area contributed by atoms with Gasteiger partial charge in [0, 0.05) is 48.4 Å². The van der Waals surface area contributed by atoms with Crippen LogP contribution in [-0.4, -0.2) is 118 Å². The van der Waals surface area contributed by atoms with Crippen LogP contribution in [0.25, 0.3) is 0 Å². The summed E-state index contributed by atoms with van der Waals surface area (Å²) in [6.07, 6.45) is -1.02. The van der Waals surface area contributed by atoms with Gasteiger partial charge in [-0.05, 0) is 40.7 Å². The number of amides is 5. The van der Waals surface area contributed by atoms with Gasteiger partial charge in [-0.15, -0.1) is 0 Å². The highest BCUT2D eigenvalue weighted by Crippen LogP contribution is 2.16. The van der Waals surface area contributed by atoms with Gasteiger partial charge in [0.2, 0.25) is 23.6 Å². The molecule has 0 aliphatic carbocycles. The summed E-state index contributed by atoms with van der Waals surface area (Å²) in [5, 5.41) is 13.0. The summed E-state index contributed by atoms with van der Waals surface area (Å²) in [6, 6.07) is 5.20. The predicted molar refractivity (Wildman–Crippen MR) is 162 cm³/mol. The van der Waals surface area contributed by atoms with Crippen LogP contribution in [0, 0.1) is 0 Å². The van der Waals surface area contributed by atoms with Crippen molar-refractivity contribution >= 4 is 58.3 Å². The van der Waals surface area contributed by atoms with E-state index in [1.54, 1.807) is 12.1 Å². The largest absolute Gasteiger partial charge is 0.445 e. The molecule has 5 N–H and O–H groups in total. The maximum Gasteiger partial charge on any atom is 0.408 e. The normalized spacial score (nSPS) is 12.3. The number of carbonyl (C=O) groups excluding carboxylic acids is 5. The van der Waals surface area contributed by atoms with Gasteiger partial charge < -0.3 is 41.1 Å². The summed E-state index contributed by atoms with van der Waals surface area (Å²) in [7, 11) is 7.47. The number of alkyl carbamates (subject to hydrolysis) is 1. The number of thiol groups is 1. The molecule has 0 heterocycles. The maximum atomic E-state index is 12.8. The van der Waals surface area contributed by atoms with Gasteiger partial charge in [-0.1, -0.05) is 34.1 Å². The number of benzene rings is 1. The number of nitrogens with one attached hydrogen (secondary N) is 5. The van der Waals surface area contributed by atoms with Crippen molar-refractivity contribution in [2.45, 2.75) is 31.5 Å². The average Bonchev–Trinajstić information content (AvgIpc) is 2.91. The third-order valence-corrected chi connectivity index (χ3v) is 6.72. The predicted octanol–water partition coefficient (Wildman–Crippen LogP) is -0.289. The molecule has 0 radical (unpaired) electrons. The third kappa shape index (κ3) is 16.2. The van der Waals surface area contributed by atoms with E-state index in [4.69, 9.17) is 4.74 Å². The lowest BCUT2D eigenvalue weighted by Crippen LogP contribution is -2.51. The van der Waals surface area contributed by atoms with Crippen LogP contribution in [0.5, 0.6) is 0 Å². The molecule has 0 bridgehead atoms. The quantitative estimate of drug-likeness (QED) is 0.117. The van der Waals surface area contributed by atoms with E-state index in [0.29, 0.717) is 26.2 Å². The Morgan fingerprint density at radius 3 is 2.07 bits per heavy atom. The average molecular weight is 661 g/mol. The standard InChI is InChI=1S/C26H42BrN7O6S/c1-33(2)13-11-28-23(36)15-30-25(38)21(17-41)31-22(35)10-9-20(24(37)29-12-14-34(3)4)32-26(39)40-16-18-7-5-6-8-19(18)27/h5-8,20-21,41H,9-17H2,1-4H3,(H,28,36)(H,29,37)(H,30,38)(H,31,35)(H,32,39)/t20-,21-/m0/s1. The van der Waals surface area contributed by atoms with Gasteiger partial charge in [0.05, 0.1) is 6.54 Å².